The third-order valence-corrected chi connectivity index (χ3v) is 7.84. The summed E-state index contributed by atoms with van der Waals surface area (Å²) >= 11 is 0. The number of ether oxygens (including phenoxy) is 1. The van der Waals surface area contributed by atoms with Gasteiger partial charge in [0.1, 0.15) is 17.3 Å². The molecule has 1 heterocycles. The van der Waals surface area contributed by atoms with Gasteiger partial charge in [-0.15, -0.1) is 0 Å². The lowest BCUT2D eigenvalue weighted by molar-refractivity contribution is -0.139. The van der Waals surface area contributed by atoms with Gasteiger partial charge in [0.05, 0.1) is 18.7 Å². The maximum Gasteiger partial charge on any atom is 0.295 e. The SMILES string of the molecule is CCCCCCCCCCCCCCCCN1C(=O)C(=O)/C(=C(/O)c2ccc(OC)cc2)[C@@H]1c1ccc(F)cc1. The van der Waals surface area contributed by atoms with Crippen molar-refractivity contribution in [3.05, 3.63) is 71.0 Å². The van der Waals surface area contributed by atoms with Gasteiger partial charge >= 0.3 is 0 Å². The molecule has 6 heteroatoms. The van der Waals surface area contributed by atoms with Crippen molar-refractivity contribution in [2.45, 2.75) is 103 Å². The monoisotopic (exact) mass is 551 g/mol. The number of benzene rings is 2. The minimum Gasteiger partial charge on any atom is -0.507 e. The Morgan fingerprint density at radius 3 is 1.77 bits per heavy atom. The lowest BCUT2D eigenvalue weighted by Crippen LogP contribution is -2.30. The Labute approximate surface area is 239 Å². The number of carbonyl (C=O) groups excluding carboxylic acids is 2. The average Bonchev–Trinajstić information content (AvgIpc) is 3.22. The molecule has 1 atom stereocenters. The molecule has 218 valence electrons. The average molecular weight is 552 g/mol. The van der Waals surface area contributed by atoms with Crippen LogP contribution in [0.25, 0.3) is 5.76 Å². The van der Waals surface area contributed by atoms with E-state index >= 15 is 0 Å². The molecule has 0 bridgehead atoms. The van der Waals surface area contributed by atoms with Gasteiger partial charge in [0.25, 0.3) is 11.7 Å². The second kappa shape index (κ2) is 16.8. The highest BCUT2D eigenvalue weighted by molar-refractivity contribution is 6.46. The van der Waals surface area contributed by atoms with Crippen LogP contribution in [0.5, 0.6) is 5.75 Å². The second-order valence-corrected chi connectivity index (χ2v) is 10.9. The molecule has 1 aliphatic heterocycles. The van der Waals surface area contributed by atoms with Gasteiger partial charge < -0.3 is 14.7 Å². The van der Waals surface area contributed by atoms with Crippen LogP contribution in [-0.4, -0.2) is 35.4 Å². The zero-order valence-electron chi connectivity index (χ0n) is 24.3. The zero-order valence-corrected chi connectivity index (χ0v) is 24.3. The molecular weight excluding hydrogens is 505 g/mol. The molecule has 40 heavy (non-hydrogen) atoms. The summed E-state index contributed by atoms with van der Waals surface area (Å²) in [6, 6.07) is 11.7. The summed E-state index contributed by atoms with van der Waals surface area (Å²) < 4.78 is 18.9. The molecule has 0 unspecified atom stereocenters. The van der Waals surface area contributed by atoms with E-state index in [4.69, 9.17) is 4.74 Å². The van der Waals surface area contributed by atoms with E-state index in [-0.39, 0.29) is 11.3 Å². The summed E-state index contributed by atoms with van der Waals surface area (Å²) in [6.07, 6.45) is 17.3. The molecule has 0 spiro atoms. The number of aliphatic hydroxyl groups is 1. The maximum atomic E-state index is 13.7. The summed E-state index contributed by atoms with van der Waals surface area (Å²) in [5, 5.41) is 11.1. The third kappa shape index (κ3) is 8.94. The summed E-state index contributed by atoms with van der Waals surface area (Å²) in [5.41, 5.74) is 1.05. The Morgan fingerprint density at radius 2 is 1.27 bits per heavy atom. The van der Waals surface area contributed by atoms with E-state index < -0.39 is 23.5 Å². The minimum absolute atomic E-state index is 0.0344. The van der Waals surface area contributed by atoms with Crippen molar-refractivity contribution < 1.29 is 23.8 Å². The molecule has 2 aromatic rings. The molecule has 0 aromatic heterocycles. The molecule has 0 saturated carbocycles. The maximum absolute atomic E-state index is 13.7. The van der Waals surface area contributed by atoms with Gasteiger partial charge in [-0.1, -0.05) is 103 Å². The van der Waals surface area contributed by atoms with Crippen molar-refractivity contribution in [2.75, 3.05) is 13.7 Å². The normalized spacial score (nSPS) is 16.6. The van der Waals surface area contributed by atoms with Gasteiger partial charge in [-0.05, 0) is 48.4 Å². The molecule has 2 aromatic carbocycles. The van der Waals surface area contributed by atoms with Crippen LogP contribution in [-0.2, 0) is 9.59 Å². The van der Waals surface area contributed by atoms with Crippen LogP contribution in [0.3, 0.4) is 0 Å². The van der Waals surface area contributed by atoms with Crippen molar-refractivity contribution in [2.24, 2.45) is 0 Å². The Bertz CT molecular complexity index is 1090. The zero-order chi connectivity index (χ0) is 28.7. The summed E-state index contributed by atoms with van der Waals surface area (Å²) in [6.45, 7) is 2.66. The van der Waals surface area contributed by atoms with E-state index in [1.54, 1.807) is 43.5 Å². The number of hydrogen-bond donors (Lipinski definition) is 1. The van der Waals surface area contributed by atoms with Crippen LogP contribution in [0.1, 0.15) is 114 Å². The van der Waals surface area contributed by atoms with E-state index in [0.29, 0.717) is 23.4 Å². The van der Waals surface area contributed by atoms with Gasteiger partial charge in [-0.3, -0.25) is 9.59 Å². The molecule has 1 saturated heterocycles. The van der Waals surface area contributed by atoms with Gasteiger partial charge in [-0.2, -0.15) is 0 Å². The van der Waals surface area contributed by atoms with E-state index in [0.717, 1.165) is 19.3 Å². The first-order chi connectivity index (χ1) is 19.5. The first-order valence-electron chi connectivity index (χ1n) is 15.2. The highest BCUT2D eigenvalue weighted by Gasteiger charge is 2.45. The number of likely N-dealkylation sites (tertiary alicyclic amines) is 1. The van der Waals surface area contributed by atoms with Crippen molar-refractivity contribution in [1.82, 2.24) is 4.90 Å². The second-order valence-electron chi connectivity index (χ2n) is 10.9. The topological polar surface area (TPSA) is 66.8 Å². The summed E-state index contributed by atoms with van der Waals surface area (Å²) in [5.74, 6) is -1.36. The van der Waals surface area contributed by atoms with Crippen molar-refractivity contribution in [3.8, 4) is 5.75 Å². The molecular formula is C34H46FNO4. The molecule has 1 aliphatic rings. The van der Waals surface area contributed by atoms with Crippen LogP contribution in [0, 0.1) is 5.82 Å². The standard InChI is InChI=1S/C34H46FNO4/c1-3-4-5-6-7-8-9-10-11-12-13-14-15-16-25-36-31(26-17-21-28(35)22-18-26)30(33(38)34(36)39)32(37)27-19-23-29(40-2)24-20-27/h17-24,31,37H,3-16,25H2,1-2H3/b32-30+/t31-/m0/s1. The molecule has 1 fully saturated rings. The van der Waals surface area contributed by atoms with Gasteiger partial charge in [0.2, 0.25) is 0 Å². The first kappa shape index (κ1) is 31.4. The Kier molecular flexibility index (Phi) is 13.2. The number of nitrogens with zero attached hydrogens (tertiary/aromatic N) is 1. The van der Waals surface area contributed by atoms with E-state index in [1.807, 2.05) is 0 Å². The third-order valence-electron chi connectivity index (χ3n) is 7.84. The van der Waals surface area contributed by atoms with E-state index in [2.05, 4.69) is 6.92 Å². The molecule has 3 rings (SSSR count). The quantitative estimate of drug-likeness (QED) is 0.0870. The van der Waals surface area contributed by atoms with Crippen molar-refractivity contribution >= 4 is 17.4 Å². The molecule has 0 radical (unpaired) electrons. The van der Waals surface area contributed by atoms with Crippen LogP contribution >= 0.6 is 0 Å². The fourth-order valence-electron chi connectivity index (χ4n) is 5.48. The van der Waals surface area contributed by atoms with E-state index in [9.17, 15) is 19.1 Å². The molecule has 1 amide bonds. The van der Waals surface area contributed by atoms with Crippen molar-refractivity contribution in [1.29, 1.82) is 0 Å². The molecule has 0 aliphatic carbocycles. The van der Waals surface area contributed by atoms with Crippen LogP contribution < -0.4 is 4.74 Å². The number of halogens is 1. The number of Topliss-reactive ketones (excluding diaryl/α,β-unsaturated/α-hetero) is 1. The largest absolute Gasteiger partial charge is 0.507 e. The lowest BCUT2D eigenvalue weighted by Gasteiger charge is -2.25. The fourth-order valence-corrected chi connectivity index (χ4v) is 5.48. The summed E-state index contributed by atoms with van der Waals surface area (Å²) in [7, 11) is 1.55. The van der Waals surface area contributed by atoms with Gasteiger partial charge in [-0.25, -0.2) is 4.39 Å². The van der Waals surface area contributed by atoms with Crippen LogP contribution in [0.15, 0.2) is 54.1 Å². The van der Waals surface area contributed by atoms with Gasteiger partial charge in [0.15, 0.2) is 0 Å². The number of amides is 1. The Hall–Kier alpha value is -3.15. The predicted molar refractivity (Wildman–Crippen MR) is 159 cm³/mol. The number of unbranched alkanes of at least 4 members (excludes halogenated alkanes) is 13. The molecule has 1 N–H and O–H groups in total. The molecule has 5 nitrogen and oxygen atoms in total. The summed E-state index contributed by atoms with van der Waals surface area (Å²) in [4.78, 5) is 27.8. The Morgan fingerprint density at radius 1 is 0.775 bits per heavy atom. The smallest absolute Gasteiger partial charge is 0.295 e. The highest BCUT2D eigenvalue weighted by atomic mass is 19.1. The Balaban J connectivity index is 1.54. The minimum atomic E-state index is -0.760. The van der Waals surface area contributed by atoms with Crippen LogP contribution in [0.4, 0.5) is 4.39 Å². The number of rotatable bonds is 18. The number of methoxy groups -OCH3 is 1. The number of carbonyl (C=O) groups is 2. The predicted octanol–water partition coefficient (Wildman–Crippen LogP) is 8.74. The van der Waals surface area contributed by atoms with Crippen LogP contribution in [0.2, 0.25) is 0 Å². The fraction of sp³-hybridized carbons (Fsp3) is 0.529. The lowest BCUT2D eigenvalue weighted by atomic mass is 9.95. The number of hydrogen-bond acceptors (Lipinski definition) is 4. The first-order valence-corrected chi connectivity index (χ1v) is 15.2. The van der Waals surface area contributed by atoms with Gasteiger partial charge in [0, 0.05) is 12.1 Å². The highest BCUT2D eigenvalue weighted by Crippen LogP contribution is 2.39. The number of aliphatic hydroxyl groups excluding tert-OH is 1. The van der Waals surface area contributed by atoms with E-state index in [1.165, 1.54) is 87.7 Å². The van der Waals surface area contributed by atoms with Crippen molar-refractivity contribution in [3.63, 3.8) is 0 Å². The number of ketones is 1.